The number of thiophene rings is 1. The molecule has 1 aliphatic carbocycles. The van der Waals surface area contributed by atoms with Gasteiger partial charge >= 0.3 is 5.97 Å². The zero-order valence-electron chi connectivity index (χ0n) is 14.9. The van der Waals surface area contributed by atoms with Crippen LogP contribution in [0.2, 0.25) is 10.0 Å². The number of hydrogen-bond acceptors (Lipinski definition) is 5. The summed E-state index contributed by atoms with van der Waals surface area (Å²) >= 11 is 13.3. The maximum absolute atomic E-state index is 12.4. The zero-order valence-corrected chi connectivity index (χ0v) is 17.2. The number of carbonyl (C=O) groups excluding carboxylic acids is 2. The highest BCUT2D eigenvalue weighted by Gasteiger charge is 2.27. The molecule has 0 spiro atoms. The Morgan fingerprint density at radius 1 is 1.19 bits per heavy atom. The Morgan fingerprint density at radius 2 is 1.96 bits per heavy atom. The van der Waals surface area contributed by atoms with E-state index in [0.29, 0.717) is 32.9 Å². The molecular weight excluding hydrogens is 407 g/mol. The van der Waals surface area contributed by atoms with Crippen LogP contribution >= 0.6 is 34.5 Å². The van der Waals surface area contributed by atoms with E-state index in [2.05, 4.69) is 10.6 Å². The van der Waals surface area contributed by atoms with Gasteiger partial charge in [-0.3, -0.25) is 4.79 Å². The molecule has 5 nitrogen and oxygen atoms in total. The van der Waals surface area contributed by atoms with Crippen molar-refractivity contribution in [1.29, 1.82) is 0 Å². The minimum Gasteiger partial charge on any atom is -0.462 e. The molecule has 0 radical (unpaired) electrons. The first-order valence-corrected chi connectivity index (χ1v) is 10.4. The highest BCUT2D eigenvalue weighted by atomic mass is 35.5. The fourth-order valence-electron chi connectivity index (χ4n) is 3.03. The van der Waals surface area contributed by atoms with Crippen molar-refractivity contribution in [3.63, 3.8) is 0 Å². The van der Waals surface area contributed by atoms with Gasteiger partial charge in [0.15, 0.2) is 0 Å². The molecule has 144 valence electrons. The van der Waals surface area contributed by atoms with Gasteiger partial charge in [-0.25, -0.2) is 4.79 Å². The van der Waals surface area contributed by atoms with Crippen LogP contribution in [0.4, 0.5) is 10.7 Å². The molecular formula is C19H20Cl2N2O3S. The molecule has 2 N–H and O–H groups in total. The predicted octanol–water partition coefficient (Wildman–Crippen LogP) is 5.16. The molecule has 1 aliphatic rings. The number of ether oxygens (including phenoxy) is 1. The molecule has 2 aromatic rings. The summed E-state index contributed by atoms with van der Waals surface area (Å²) in [4.78, 5) is 26.0. The van der Waals surface area contributed by atoms with Gasteiger partial charge in [0.2, 0.25) is 5.91 Å². The van der Waals surface area contributed by atoms with Crippen molar-refractivity contribution >= 4 is 57.1 Å². The normalized spacial score (nSPS) is 13.0. The number of benzene rings is 1. The van der Waals surface area contributed by atoms with Crippen LogP contribution in [-0.4, -0.2) is 25.0 Å². The first kappa shape index (κ1) is 20.0. The van der Waals surface area contributed by atoms with Gasteiger partial charge < -0.3 is 15.4 Å². The lowest BCUT2D eigenvalue weighted by Gasteiger charge is -2.12. The molecule has 1 heterocycles. The molecule has 3 rings (SSSR count). The van der Waals surface area contributed by atoms with Crippen LogP contribution in [0.25, 0.3) is 0 Å². The molecule has 0 saturated carbocycles. The van der Waals surface area contributed by atoms with Crippen LogP contribution in [0, 0.1) is 0 Å². The number of aryl methyl sites for hydroxylation is 1. The van der Waals surface area contributed by atoms with Crippen molar-refractivity contribution in [2.24, 2.45) is 0 Å². The average Bonchev–Trinajstić information content (AvgIpc) is 3.00. The highest BCUT2D eigenvalue weighted by molar-refractivity contribution is 7.17. The van der Waals surface area contributed by atoms with Gasteiger partial charge in [0.05, 0.1) is 28.8 Å². The molecule has 0 fully saturated rings. The van der Waals surface area contributed by atoms with Crippen molar-refractivity contribution in [2.75, 3.05) is 23.8 Å². The largest absolute Gasteiger partial charge is 0.462 e. The Hall–Kier alpha value is -1.76. The quantitative estimate of drug-likeness (QED) is 0.625. The summed E-state index contributed by atoms with van der Waals surface area (Å²) < 4.78 is 5.20. The lowest BCUT2D eigenvalue weighted by atomic mass is 9.95. The summed E-state index contributed by atoms with van der Waals surface area (Å²) in [5, 5.41) is 7.30. The lowest BCUT2D eigenvalue weighted by Crippen LogP contribution is -2.22. The monoisotopic (exact) mass is 426 g/mol. The molecule has 0 bridgehead atoms. The fraction of sp³-hybridized carbons (Fsp3) is 0.368. The molecule has 0 unspecified atom stereocenters. The summed E-state index contributed by atoms with van der Waals surface area (Å²) in [6.07, 6.45) is 3.92. The summed E-state index contributed by atoms with van der Waals surface area (Å²) in [5.41, 5.74) is 2.23. The zero-order chi connectivity index (χ0) is 19.4. The second-order valence-electron chi connectivity index (χ2n) is 6.17. The Bertz CT molecular complexity index is 867. The van der Waals surface area contributed by atoms with Gasteiger partial charge in [-0.2, -0.15) is 0 Å². The van der Waals surface area contributed by atoms with Crippen LogP contribution < -0.4 is 10.6 Å². The summed E-state index contributed by atoms with van der Waals surface area (Å²) in [6, 6.07) is 5.07. The molecule has 27 heavy (non-hydrogen) atoms. The van der Waals surface area contributed by atoms with Crippen LogP contribution in [-0.2, 0) is 22.4 Å². The molecule has 1 aromatic heterocycles. The lowest BCUT2D eigenvalue weighted by molar-refractivity contribution is -0.114. The van der Waals surface area contributed by atoms with Crippen molar-refractivity contribution in [2.45, 2.75) is 32.6 Å². The first-order chi connectivity index (χ1) is 13.0. The second kappa shape index (κ2) is 8.95. The summed E-state index contributed by atoms with van der Waals surface area (Å²) in [7, 11) is 0. The second-order valence-corrected chi connectivity index (χ2v) is 8.09. The van der Waals surface area contributed by atoms with E-state index >= 15 is 0 Å². The standard InChI is InChI=1S/C19H20Cl2N2O3S/c1-2-26-19(25)17-12-5-3-4-6-15(12)27-18(17)23-16(24)10-22-11-7-8-13(20)14(21)9-11/h7-9,22H,2-6,10H2,1H3,(H,23,24). The van der Waals surface area contributed by atoms with E-state index in [4.69, 9.17) is 27.9 Å². The van der Waals surface area contributed by atoms with Gasteiger partial charge in [-0.05, 0) is 56.4 Å². The van der Waals surface area contributed by atoms with Gasteiger partial charge in [0.1, 0.15) is 5.00 Å². The van der Waals surface area contributed by atoms with E-state index in [1.807, 2.05) is 0 Å². The number of carbonyl (C=O) groups is 2. The molecule has 1 aromatic carbocycles. The van der Waals surface area contributed by atoms with Crippen LogP contribution in [0.15, 0.2) is 18.2 Å². The number of nitrogens with one attached hydrogen (secondary N) is 2. The highest BCUT2D eigenvalue weighted by Crippen LogP contribution is 2.38. The first-order valence-electron chi connectivity index (χ1n) is 8.80. The minimum absolute atomic E-state index is 0.0444. The van der Waals surface area contributed by atoms with Crippen molar-refractivity contribution in [3.8, 4) is 0 Å². The topological polar surface area (TPSA) is 67.4 Å². The molecule has 1 amide bonds. The Balaban J connectivity index is 1.72. The summed E-state index contributed by atoms with van der Waals surface area (Å²) in [6.45, 7) is 2.12. The number of esters is 1. The van der Waals surface area contributed by atoms with Gasteiger partial charge in [0, 0.05) is 10.6 Å². The third-order valence-corrected chi connectivity index (χ3v) is 6.22. The van der Waals surface area contributed by atoms with Crippen molar-refractivity contribution in [3.05, 3.63) is 44.2 Å². The number of halogens is 2. The fourth-order valence-corrected chi connectivity index (χ4v) is 4.62. The van der Waals surface area contributed by atoms with Gasteiger partial charge in [-0.1, -0.05) is 23.2 Å². The SMILES string of the molecule is CCOC(=O)c1c(NC(=O)CNc2ccc(Cl)c(Cl)c2)sc2c1CCCC2. The predicted molar refractivity (Wildman–Crippen MR) is 110 cm³/mol. The van der Waals surface area contributed by atoms with Crippen LogP contribution in [0.5, 0.6) is 0 Å². The number of rotatable bonds is 6. The maximum atomic E-state index is 12.4. The smallest absolute Gasteiger partial charge is 0.341 e. The number of fused-ring (bicyclic) bond motifs is 1. The number of hydrogen-bond donors (Lipinski definition) is 2. The van der Waals surface area contributed by atoms with E-state index in [9.17, 15) is 9.59 Å². The van der Waals surface area contributed by atoms with Crippen molar-refractivity contribution in [1.82, 2.24) is 0 Å². The Kier molecular flexibility index (Phi) is 6.63. The summed E-state index contributed by atoms with van der Waals surface area (Å²) in [5.74, 6) is -0.616. The van der Waals surface area contributed by atoms with Crippen molar-refractivity contribution < 1.29 is 14.3 Å². The number of anilines is 2. The van der Waals surface area contributed by atoms with Gasteiger partial charge in [0.25, 0.3) is 0 Å². The minimum atomic E-state index is -0.371. The van der Waals surface area contributed by atoms with Gasteiger partial charge in [-0.15, -0.1) is 11.3 Å². The third kappa shape index (κ3) is 4.75. The average molecular weight is 427 g/mol. The molecule has 0 atom stereocenters. The maximum Gasteiger partial charge on any atom is 0.341 e. The van der Waals surface area contributed by atoms with E-state index in [1.165, 1.54) is 11.3 Å². The van der Waals surface area contributed by atoms with E-state index < -0.39 is 0 Å². The van der Waals surface area contributed by atoms with Crippen LogP contribution in [0.3, 0.4) is 0 Å². The van der Waals surface area contributed by atoms with E-state index in [1.54, 1.807) is 25.1 Å². The Labute approximate surface area is 172 Å². The third-order valence-electron chi connectivity index (χ3n) is 4.28. The molecule has 0 saturated heterocycles. The molecule has 8 heteroatoms. The van der Waals surface area contributed by atoms with E-state index in [0.717, 1.165) is 36.1 Å². The Morgan fingerprint density at radius 3 is 2.70 bits per heavy atom. The molecule has 0 aliphatic heterocycles. The van der Waals surface area contributed by atoms with E-state index in [-0.39, 0.29) is 18.4 Å². The number of amides is 1. The van der Waals surface area contributed by atoms with Crippen LogP contribution in [0.1, 0.15) is 40.6 Å².